The molecule has 0 saturated heterocycles. The first-order chi connectivity index (χ1) is 12.9. The lowest BCUT2D eigenvalue weighted by Crippen LogP contribution is -2.56. The van der Waals surface area contributed by atoms with Crippen LogP contribution in [0, 0.1) is 46.3 Å². The second kappa shape index (κ2) is 7.66. The fourth-order valence-electron chi connectivity index (χ4n) is 8.88. The Morgan fingerprint density at radius 2 is 1.63 bits per heavy atom. The number of hydrogen-bond donors (Lipinski definition) is 1. The Kier molecular flexibility index (Phi) is 5.74. The summed E-state index contributed by atoms with van der Waals surface area (Å²) in [6, 6.07) is 0. The zero-order chi connectivity index (χ0) is 19.2. The standard InChI is InChI=1S/C26H46O/c1-18(2)9-5-6-10-19-12-13-21-20-17-24(27)23-11-7-8-15-26(23,4)22(20)14-16-25(19,21)3/h18-24,27H,5-17H2,1-4H3. The lowest BCUT2D eigenvalue weighted by Gasteiger charge is -2.61. The summed E-state index contributed by atoms with van der Waals surface area (Å²) < 4.78 is 0. The van der Waals surface area contributed by atoms with Gasteiger partial charge >= 0.3 is 0 Å². The molecule has 0 radical (unpaired) electrons. The second-order valence-electron chi connectivity index (χ2n) is 12.0. The molecule has 4 saturated carbocycles. The summed E-state index contributed by atoms with van der Waals surface area (Å²) in [4.78, 5) is 0. The van der Waals surface area contributed by atoms with Gasteiger partial charge in [-0.05, 0) is 97.7 Å². The molecular weight excluding hydrogens is 328 g/mol. The van der Waals surface area contributed by atoms with Gasteiger partial charge in [0.05, 0.1) is 6.10 Å². The van der Waals surface area contributed by atoms with Crippen LogP contribution in [-0.4, -0.2) is 11.2 Å². The fourth-order valence-corrected chi connectivity index (χ4v) is 8.88. The van der Waals surface area contributed by atoms with Gasteiger partial charge < -0.3 is 5.11 Å². The maximum atomic E-state index is 11.1. The predicted octanol–water partition coefficient (Wildman–Crippen LogP) is 7.22. The summed E-state index contributed by atoms with van der Waals surface area (Å²) in [6.45, 7) is 9.97. The van der Waals surface area contributed by atoms with Crippen molar-refractivity contribution in [2.24, 2.45) is 46.3 Å². The molecular formula is C26H46O. The van der Waals surface area contributed by atoms with Crippen LogP contribution in [0.2, 0.25) is 0 Å². The molecule has 0 bridgehead atoms. The first kappa shape index (κ1) is 20.2. The molecule has 0 spiro atoms. The molecule has 1 N–H and O–H groups in total. The van der Waals surface area contributed by atoms with Crippen molar-refractivity contribution in [1.82, 2.24) is 0 Å². The summed E-state index contributed by atoms with van der Waals surface area (Å²) >= 11 is 0. The van der Waals surface area contributed by atoms with Gasteiger partial charge in [0.1, 0.15) is 0 Å². The topological polar surface area (TPSA) is 20.2 Å². The average Bonchev–Trinajstić information content (AvgIpc) is 2.95. The van der Waals surface area contributed by atoms with Crippen LogP contribution < -0.4 is 0 Å². The molecule has 0 amide bonds. The zero-order valence-electron chi connectivity index (χ0n) is 18.7. The van der Waals surface area contributed by atoms with Crippen molar-refractivity contribution in [3.05, 3.63) is 0 Å². The van der Waals surface area contributed by atoms with E-state index in [2.05, 4.69) is 27.7 Å². The van der Waals surface area contributed by atoms with Gasteiger partial charge in [-0.3, -0.25) is 0 Å². The van der Waals surface area contributed by atoms with Gasteiger partial charge in [-0.25, -0.2) is 0 Å². The minimum atomic E-state index is -0.0102. The minimum absolute atomic E-state index is 0.0102. The van der Waals surface area contributed by atoms with Crippen LogP contribution in [0.25, 0.3) is 0 Å². The third kappa shape index (κ3) is 3.43. The highest BCUT2D eigenvalue weighted by atomic mass is 16.3. The number of aliphatic hydroxyl groups excluding tert-OH is 1. The molecule has 4 aliphatic rings. The van der Waals surface area contributed by atoms with E-state index in [1.165, 1.54) is 77.0 Å². The Balaban J connectivity index is 1.46. The summed E-state index contributed by atoms with van der Waals surface area (Å²) in [5.74, 6) is 5.05. The molecule has 4 rings (SSSR count). The molecule has 1 nitrogen and oxygen atoms in total. The van der Waals surface area contributed by atoms with E-state index in [9.17, 15) is 5.11 Å². The lowest BCUT2D eigenvalue weighted by molar-refractivity contribution is -0.157. The van der Waals surface area contributed by atoms with Crippen molar-refractivity contribution in [1.29, 1.82) is 0 Å². The first-order valence-corrected chi connectivity index (χ1v) is 12.5. The minimum Gasteiger partial charge on any atom is -0.393 e. The van der Waals surface area contributed by atoms with E-state index in [0.717, 1.165) is 36.0 Å². The molecule has 1 heteroatoms. The highest BCUT2D eigenvalue weighted by molar-refractivity contribution is 5.10. The van der Waals surface area contributed by atoms with Crippen molar-refractivity contribution in [3.63, 3.8) is 0 Å². The van der Waals surface area contributed by atoms with Crippen LogP contribution in [0.4, 0.5) is 0 Å². The number of aliphatic hydroxyl groups is 1. The van der Waals surface area contributed by atoms with E-state index in [0.29, 0.717) is 16.7 Å². The van der Waals surface area contributed by atoms with Crippen molar-refractivity contribution in [3.8, 4) is 0 Å². The highest BCUT2D eigenvalue weighted by Gasteiger charge is 2.61. The van der Waals surface area contributed by atoms with E-state index in [1.54, 1.807) is 0 Å². The molecule has 8 unspecified atom stereocenters. The Bertz CT molecular complexity index is 512. The summed E-state index contributed by atoms with van der Waals surface area (Å²) in [5.41, 5.74) is 1.02. The SMILES string of the molecule is CC(C)CCCCC1CCC2C3CC(O)C4CCCCC4(C)C3CCC12C. The molecule has 4 aliphatic carbocycles. The third-order valence-corrected chi connectivity index (χ3v) is 10.4. The van der Waals surface area contributed by atoms with E-state index in [1.807, 2.05) is 0 Å². The van der Waals surface area contributed by atoms with E-state index in [-0.39, 0.29) is 6.10 Å². The first-order valence-electron chi connectivity index (χ1n) is 12.5. The molecule has 4 fully saturated rings. The van der Waals surface area contributed by atoms with Crippen LogP contribution in [-0.2, 0) is 0 Å². The second-order valence-corrected chi connectivity index (χ2v) is 12.0. The predicted molar refractivity (Wildman–Crippen MR) is 115 cm³/mol. The van der Waals surface area contributed by atoms with Crippen LogP contribution >= 0.6 is 0 Å². The van der Waals surface area contributed by atoms with Gasteiger partial charge in [-0.1, -0.05) is 59.8 Å². The van der Waals surface area contributed by atoms with Crippen LogP contribution in [0.1, 0.15) is 111 Å². The monoisotopic (exact) mass is 374 g/mol. The fraction of sp³-hybridized carbons (Fsp3) is 1.00. The number of hydrogen-bond acceptors (Lipinski definition) is 1. The summed E-state index contributed by atoms with van der Waals surface area (Å²) in [7, 11) is 0. The van der Waals surface area contributed by atoms with Crippen molar-refractivity contribution >= 4 is 0 Å². The van der Waals surface area contributed by atoms with Crippen LogP contribution in [0.5, 0.6) is 0 Å². The van der Waals surface area contributed by atoms with E-state index < -0.39 is 0 Å². The number of fused-ring (bicyclic) bond motifs is 5. The molecule has 0 aliphatic heterocycles. The van der Waals surface area contributed by atoms with Crippen LogP contribution in [0.3, 0.4) is 0 Å². The molecule has 0 aromatic heterocycles. The third-order valence-electron chi connectivity index (χ3n) is 10.4. The van der Waals surface area contributed by atoms with Crippen LogP contribution in [0.15, 0.2) is 0 Å². The summed E-state index contributed by atoms with van der Waals surface area (Å²) in [5, 5.41) is 11.1. The Hall–Kier alpha value is -0.0400. The average molecular weight is 375 g/mol. The summed E-state index contributed by atoms with van der Waals surface area (Å²) in [6.07, 6.45) is 18.2. The molecule has 156 valence electrons. The largest absolute Gasteiger partial charge is 0.393 e. The molecule has 0 aromatic rings. The molecule has 0 aromatic carbocycles. The van der Waals surface area contributed by atoms with Crippen molar-refractivity contribution < 1.29 is 5.11 Å². The van der Waals surface area contributed by atoms with Crippen molar-refractivity contribution in [2.45, 2.75) is 117 Å². The van der Waals surface area contributed by atoms with Gasteiger partial charge in [-0.15, -0.1) is 0 Å². The van der Waals surface area contributed by atoms with Gasteiger partial charge in [0.2, 0.25) is 0 Å². The molecule has 8 atom stereocenters. The van der Waals surface area contributed by atoms with Crippen molar-refractivity contribution in [2.75, 3.05) is 0 Å². The Labute approximate surface area is 169 Å². The smallest absolute Gasteiger partial charge is 0.0576 e. The number of rotatable bonds is 5. The Morgan fingerprint density at radius 3 is 2.41 bits per heavy atom. The molecule has 27 heavy (non-hydrogen) atoms. The lowest BCUT2D eigenvalue weighted by atomic mass is 9.44. The maximum Gasteiger partial charge on any atom is 0.0576 e. The Morgan fingerprint density at radius 1 is 0.852 bits per heavy atom. The van der Waals surface area contributed by atoms with Gasteiger partial charge in [-0.2, -0.15) is 0 Å². The van der Waals surface area contributed by atoms with Gasteiger partial charge in [0, 0.05) is 0 Å². The van der Waals surface area contributed by atoms with E-state index in [4.69, 9.17) is 0 Å². The quantitative estimate of drug-likeness (QED) is 0.503. The number of unbranched alkanes of at least 4 members (excludes halogenated alkanes) is 1. The zero-order valence-corrected chi connectivity index (χ0v) is 18.7. The highest BCUT2D eigenvalue weighted by Crippen LogP contribution is 2.67. The van der Waals surface area contributed by atoms with Gasteiger partial charge in [0.25, 0.3) is 0 Å². The normalized spacial score (nSPS) is 49.6. The van der Waals surface area contributed by atoms with E-state index >= 15 is 0 Å². The maximum absolute atomic E-state index is 11.1. The van der Waals surface area contributed by atoms with Gasteiger partial charge in [0.15, 0.2) is 0 Å². The molecule has 0 heterocycles.